The fourth-order valence-electron chi connectivity index (χ4n) is 4.12. The van der Waals surface area contributed by atoms with E-state index in [1.807, 2.05) is 7.05 Å². The van der Waals surface area contributed by atoms with E-state index in [1.165, 1.54) is 11.1 Å². The molecule has 2 aliphatic rings. The minimum atomic E-state index is 0. The highest BCUT2D eigenvalue weighted by Crippen LogP contribution is 2.36. The fourth-order valence-corrected chi connectivity index (χ4v) is 4.12. The Hall–Kier alpha value is -0.900. The van der Waals surface area contributed by atoms with E-state index in [-0.39, 0.29) is 35.5 Å². The molecule has 1 aromatic carbocycles. The second-order valence-electron chi connectivity index (χ2n) is 7.77. The molecule has 0 saturated carbocycles. The summed E-state index contributed by atoms with van der Waals surface area (Å²) in [6.45, 7) is 7.84. The predicted octanol–water partition coefficient (Wildman–Crippen LogP) is 3.02. The van der Waals surface area contributed by atoms with E-state index in [0.717, 1.165) is 77.8 Å². The molecule has 0 amide bonds. The zero-order chi connectivity index (χ0) is 19.7. The molecule has 0 bridgehead atoms. The van der Waals surface area contributed by atoms with E-state index in [0.29, 0.717) is 0 Å². The van der Waals surface area contributed by atoms with Gasteiger partial charge in [-0.1, -0.05) is 24.3 Å². The van der Waals surface area contributed by atoms with Gasteiger partial charge in [0.1, 0.15) is 0 Å². The van der Waals surface area contributed by atoms with Gasteiger partial charge < -0.3 is 24.8 Å². The van der Waals surface area contributed by atoms with Gasteiger partial charge in [-0.25, -0.2) is 0 Å². The highest BCUT2D eigenvalue weighted by molar-refractivity contribution is 14.0. The van der Waals surface area contributed by atoms with Crippen LogP contribution in [0.2, 0.25) is 0 Å². The van der Waals surface area contributed by atoms with Crippen LogP contribution in [0.4, 0.5) is 0 Å². The molecule has 0 radical (unpaired) electrons. The number of benzene rings is 1. The Morgan fingerprint density at radius 3 is 2.66 bits per heavy atom. The normalized spacial score (nSPS) is 21.4. The average Bonchev–Trinajstić information content (AvgIpc) is 3.24. The van der Waals surface area contributed by atoms with Crippen LogP contribution < -0.4 is 10.6 Å². The lowest BCUT2D eigenvalue weighted by Crippen LogP contribution is -2.48. The second kappa shape index (κ2) is 12.7. The summed E-state index contributed by atoms with van der Waals surface area (Å²) in [4.78, 5) is 4.40. The average molecular weight is 517 g/mol. The Labute approximate surface area is 192 Å². The number of nitrogens with one attached hydrogen (secondary N) is 2. The van der Waals surface area contributed by atoms with E-state index in [1.54, 1.807) is 0 Å². The standard InChI is InChI=1S/C22H35N3O3.HI/c1-18-6-3-4-7-20(18)22(9-14-26-15-10-22)17-25-21(23-2)24-11-5-12-28-19-8-13-27-16-19;/h3-4,6-7,19H,5,8-17H2,1-2H3,(H2,23,24,25);1H. The molecule has 164 valence electrons. The van der Waals surface area contributed by atoms with Crippen molar-refractivity contribution in [2.24, 2.45) is 4.99 Å². The van der Waals surface area contributed by atoms with Crippen LogP contribution in [0, 0.1) is 6.92 Å². The minimum absolute atomic E-state index is 0. The van der Waals surface area contributed by atoms with E-state index in [2.05, 4.69) is 46.8 Å². The van der Waals surface area contributed by atoms with Crippen molar-refractivity contribution in [3.63, 3.8) is 0 Å². The summed E-state index contributed by atoms with van der Waals surface area (Å²) < 4.78 is 16.8. The SMILES string of the molecule is CN=C(NCCCOC1CCOC1)NCC1(c2ccccc2C)CCOCC1.I. The van der Waals surface area contributed by atoms with Crippen LogP contribution in [0.5, 0.6) is 0 Å². The third kappa shape index (κ3) is 7.08. The van der Waals surface area contributed by atoms with Crippen molar-refractivity contribution >= 4 is 29.9 Å². The van der Waals surface area contributed by atoms with Crippen molar-refractivity contribution in [2.75, 3.05) is 53.2 Å². The maximum absolute atomic E-state index is 5.82. The Balaban J connectivity index is 0.00000300. The van der Waals surface area contributed by atoms with Crippen LogP contribution >= 0.6 is 24.0 Å². The van der Waals surface area contributed by atoms with E-state index in [9.17, 15) is 0 Å². The van der Waals surface area contributed by atoms with Gasteiger partial charge in [0.2, 0.25) is 0 Å². The number of rotatable bonds is 8. The number of nitrogens with zero attached hydrogens (tertiary/aromatic N) is 1. The number of aryl methyl sites for hydroxylation is 1. The van der Waals surface area contributed by atoms with Crippen molar-refractivity contribution in [1.82, 2.24) is 10.6 Å². The van der Waals surface area contributed by atoms with Crippen molar-refractivity contribution in [1.29, 1.82) is 0 Å². The summed E-state index contributed by atoms with van der Waals surface area (Å²) in [5, 5.41) is 6.97. The molecule has 29 heavy (non-hydrogen) atoms. The van der Waals surface area contributed by atoms with Crippen LogP contribution in [0.1, 0.15) is 36.8 Å². The van der Waals surface area contributed by atoms with E-state index >= 15 is 0 Å². The molecule has 1 aromatic rings. The van der Waals surface area contributed by atoms with Gasteiger partial charge in [0.25, 0.3) is 0 Å². The molecule has 2 N–H and O–H groups in total. The molecular formula is C22H36IN3O3. The number of halogens is 1. The second-order valence-corrected chi connectivity index (χ2v) is 7.77. The van der Waals surface area contributed by atoms with Crippen molar-refractivity contribution < 1.29 is 14.2 Å². The van der Waals surface area contributed by atoms with Crippen LogP contribution in [0.15, 0.2) is 29.3 Å². The van der Waals surface area contributed by atoms with Gasteiger partial charge in [-0.05, 0) is 43.7 Å². The first-order valence-corrected chi connectivity index (χ1v) is 10.5. The number of aliphatic imine (C=N–C) groups is 1. The smallest absolute Gasteiger partial charge is 0.191 e. The minimum Gasteiger partial charge on any atom is -0.381 e. The van der Waals surface area contributed by atoms with Crippen LogP contribution in [0.3, 0.4) is 0 Å². The highest BCUT2D eigenvalue weighted by Gasteiger charge is 2.35. The van der Waals surface area contributed by atoms with Gasteiger partial charge in [0, 0.05) is 52.0 Å². The van der Waals surface area contributed by atoms with Crippen LogP contribution in [0.25, 0.3) is 0 Å². The predicted molar refractivity (Wildman–Crippen MR) is 127 cm³/mol. The molecular weight excluding hydrogens is 481 g/mol. The highest BCUT2D eigenvalue weighted by atomic mass is 127. The molecule has 1 unspecified atom stereocenters. The van der Waals surface area contributed by atoms with Gasteiger partial charge in [0.15, 0.2) is 5.96 Å². The lowest BCUT2D eigenvalue weighted by molar-refractivity contribution is 0.0419. The Bertz CT molecular complexity index is 629. The summed E-state index contributed by atoms with van der Waals surface area (Å²) in [6, 6.07) is 8.72. The third-order valence-electron chi connectivity index (χ3n) is 5.84. The maximum Gasteiger partial charge on any atom is 0.191 e. The van der Waals surface area contributed by atoms with Gasteiger partial charge in [-0.15, -0.1) is 24.0 Å². The molecule has 0 spiro atoms. The largest absolute Gasteiger partial charge is 0.381 e. The lowest BCUT2D eigenvalue weighted by Gasteiger charge is -2.39. The number of guanidine groups is 1. The molecule has 1 atom stereocenters. The molecule has 0 aliphatic carbocycles. The van der Waals surface area contributed by atoms with Crippen LogP contribution in [-0.2, 0) is 19.6 Å². The quantitative estimate of drug-likeness (QED) is 0.240. The van der Waals surface area contributed by atoms with Gasteiger partial charge in [0.05, 0.1) is 12.7 Å². The number of hydrogen-bond donors (Lipinski definition) is 2. The summed E-state index contributed by atoms with van der Waals surface area (Å²) >= 11 is 0. The molecule has 3 rings (SSSR count). The van der Waals surface area contributed by atoms with Crippen LogP contribution in [-0.4, -0.2) is 65.2 Å². The zero-order valence-electron chi connectivity index (χ0n) is 17.7. The summed E-state index contributed by atoms with van der Waals surface area (Å²) in [7, 11) is 1.83. The molecule has 0 aromatic heterocycles. The summed E-state index contributed by atoms with van der Waals surface area (Å²) in [5.74, 6) is 0.851. The van der Waals surface area contributed by atoms with Crippen molar-refractivity contribution in [3.05, 3.63) is 35.4 Å². The topological polar surface area (TPSA) is 64.1 Å². The first-order chi connectivity index (χ1) is 13.7. The molecule has 2 fully saturated rings. The lowest BCUT2D eigenvalue weighted by atomic mass is 9.72. The number of ether oxygens (including phenoxy) is 3. The molecule has 6 nitrogen and oxygen atoms in total. The first-order valence-electron chi connectivity index (χ1n) is 10.5. The van der Waals surface area contributed by atoms with Crippen molar-refractivity contribution in [2.45, 2.75) is 44.1 Å². The molecule has 7 heteroatoms. The van der Waals surface area contributed by atoms with Gasteiger partial charge in [-0.2, -0.15) is 0 Å². The maximum atomic E-state index is 5.82. The molecule has 2 aliphatic heterocycles. The molecule has 2 heterocycles. The van der Waals surface area contributed by atoms with E-state index < -0.39 is 0 Å². The Morgan fingerprint density at radius 2 is 1.97 bits per heavy atom. The van der Waals surface area contributed by atoms with Gasteiger partial charge in [-0.3, -0.25) is 4.99 Å². The third-order valence-corrected chi connectivity index (χ3v) is 5.84. The zero-order valence-corrected chi connectivity index (χ0v) is 20.1. The summed E-state index contributed by atoms with van der Waals surface area (Å²) in [5.41, 5.74) is 2.86. The first kappa shape index (κ1) is 24.4. The van der Waals surface area contributed by atoms with Crippen molar-refractivity contribution in [3.8, 4) is 0 Å². The Morgan fingerprint density at radius 1 is 1.17 bits per heavy atom. The van der Waals surface area contributed by atoms with E-state index in [4.69, 9.17) is 14.2 Å². The monoisotopic (exact) mass is 517 g/mol. The number of hydrogen-bond acceptors (Lipinski definition) is 4. The fraction of sp³-hybridized carbons (Fsp3) is 0.682. The Kier molecular flexibility index (Phi) is 10.7. The van der Waals surface area contributed by atoms with Gasteiger partial charge >= 0.3 is 0 Å². The molecule has 2 saturated heterocycles. The summed E-state index contributed by atoms with van der Waals surface area (Å²) in [6.07, 6.45) is 4.30.